The van der Waals surface area contributed by atoms with Crippen molar-refractivity contribution in [3.63, 3.8) is 0 Å². The van der Waals surface area contributed by atoms with Gasteiger partial charge >= 0.3 is 0 Å². The highest BCUT2D eigenvalue weighted by Gasteiger charge is 2.04. The third-order valence-corrected chi connectivity index (χ3v) is 2.64. The molecule has 0 aliphatic carbocycles. The Hall–Kier alpha value is 0.110. The van der Waals surface area contributed by atoms with Crippen molar-refractivity contribution in [2.24, 2.45) is 0 Å². The van der Waals surface area contributed by atoms with Crippen LogP contribution >= 0.6 is 31.9 Å². The second-order valence-corrected chi connectivity index (χ2v) is 3.73. The van der Waals surface area contributed by atoms with Crippen LogP contribution in [0.5, 0.6) is 0 Å². The summed E-state index contributed by atoms with van der Waals surface area (Å²) >= 11 is 6.48. The largest absolute Gasteiger partial charge is 0.294 e. The molecule has 0 amide bonds. The lowest BCUT2D eigenvalue weighted by Gasteiger charge is -1.99. The SMILES string of the molecule is C/C=C(Br)\C=C(/CC)C(=O)CBr. The summed E-state index contributed by atoms with van der Waals surface area (Å²) < 4.78 is 0.952. The van der Waals surface area contributed by atoms with E-state index in [0.717, 1.165) is 16.5 Å². The number of allylic oxidation sites excluding steroid dienone is 4. The molecule has 0 aromatic heterocycles. The third kappa shape index (κ3) is 4.21. The topological polar surface area (TPSA) is 17.1 Å². The van der Waals surface area contributed by atoms with Crippen LogP contribution in [0, 0.1) is 0 Å². The van der Waals surface area contributed by atoms with Gasteiger partial charge in [0.1, 0.15) is 0 Å². The second kappa shape index (κ2) is 6.61. The molecule has 0 aromatic rings. The first-order chi connectivity index (χ1) is 5.65. The quantitative estimate of drug-likeness (QED) is 0.440. The number of hydrogen-bond donors (Lipinski definition) is 0. The fourth-order valence-corrected chi connectivity index (χ4v) is 1.35. The summed E-state index contributed by atoms with van der Waals surface area (Å²) in [6.45, 7) is 3.90. The molecule has 0 heterocycles. The fourth-order valence-electron chi connectivity index (χ4n) is 0.715. The van der Waals surface area contributed by atoms with Crippen LogP contribution in [0.2, 0.25) is 0 Å². The molecule has 1 nitrogen and oxygen atoms in total. The van der Waals surface area contributed by atoms with E-state index in [1.165, 1.54) is 0 Å². The molecule has 0 spiro atoms. The summed E-state index contributed by atoms with van der Waals surface area (Å²) in [7, 11) is 0. The van der Waals surface area contributed by atoms with Crippen molar-refractivity contribution >= 4 is 37.6 Å². The molecule has 3 heteroatoms. The minimum Gasteiger partial charge on any atom is -0.294 e. The molecule has 68 valence electrons. The summed E-state index contributed by atoms with van der Waals surface area (Å²) in [5.74, 6) is 0.149. The average molecular weight is 296 g/mol. The van der Waals surface area contributed by atoms with Crippen LogP contribution in [0.1, 0.15) is 20.3 Å². The Morgan fingerprint density at radius 2 is 2.08 bits per heavy atom. The lowest BCUT2D eigenvalue weighted by atomic mass is 10.1. The first-order valence-corrected chi connectivity index (χ1v) is 5.68. The average Bonchev–Trinajstić information content (AvgIpc) is 2.12. The normalized spacial score (nSPS) is 13.3. The number of carbonyl (C=O) groups is 1. The highest BCUT2D eigenvalue weighted by Crippen LogP contribution is 2.13. The van der Waals surface area contributed by atoms with Crippen molar-refractivity contribution in [1.29, 1.82) is 0 Å². The van der Waals surface area contributed by atoms with Crippen molar-refractivity contribution in [3.05, 3.63) is 22.2 Å². The summed E-state index contributed by atoms with van der Waals surface area (Å²) in [5.41, 5.74) is 0.844. The first-order valence-electron chi connectivity index (χ1n) is 3.77. The number of rotatable bonds is 4. The summed E-state index contributed by atoms with van der Waals surface area (Å²) in [5, 5.41) is 0.399. The van der Waals surface area contributed by atoms with E-state index in [2.05, 4.69) is 31.9 Å². The first kappa shape index (κ1) is 12.1. The molecular formula is C9H12Br2O. The van der Waals surface area contributed by atoms with E-state index in [-0.39, 0.29) is 5.78 Å². The number of ketones is 1. The summed E-state index contributed by atoms with van der Waals surface area (Å²) in [4.78, 5) is 11.2. The summed E-state index contributed by atoms with van der Waals surface area (Å²) in [6.07, 6.45) is 4.55. The molecule has 0 bridgehead atoms. The number of Topliss-reactive ketones (excluding diaryl/α,β-unsaturated/α-hetero) is 1. The van der Waals surface area contributed by atoms with E-state index in [9.17, 15) is 4.79 Å². The maximum atomic E-state index is 11.2. The van der Waals surface area contributed by atoms with Gasteiger partial charge in [0.05, 0.1) is 5.33 Å². The Morgan fingerprint density at radius 1 is 1.50 bits per heavy atom. The van der Waals surface area contributed by atoms with E-state index >= 15 is 0 Å². The van der Waals surface area contributed by atoms with Crippen LogP contribution in [0.25, 0.3) is 0 Å². The Morgan fingerprint density at radius 3 is 2.42 bits per heavy atom. The standard InChI is InChI=1S/C9H12Br2O/c1-3-7(9(12)6-10)5-8(11)4-2/h4-5H,3,6H2,1-2H3/b7-5+,8-4+. The lowest BCUT2D eigenvalue weighted by Crippen LogP contribution is -2.02. The lowest BCUT2D eigenvalue weighted by molar-refractivity contribution is -0.113. The van der Waals surface area contributed by atoms with Crippen molar-refractivity contribution in [2.45, 2.75) is 20.3 Å². The highest BCUT2D eigenvalue weighted by molar-refractivity contribution is 9.11. The van der Waals surface area contributed by atoms with Gasteiger partial charge in [-0.15, -0.1) is 0 Å². The van der Waals surface area contributed by atoms with Crippen LogP contribution < -0.4 is 0 Å². The Labute approximate surface area is 90.2 Å². The van der Waals surface area contributed by atoms with Crippen LogP contribution in [0.15, 0.2) is 22.2 Å². The Bertz CT molecular complexity index is 217. The molecule has 0 aliphatic rings. The van der Waals surface area contributed by atoms with Crippen LogP contribution in [0.3, 0.4) is 0 Å². The molecule has 0 radical (unpaired) electrons. The zero-order valence-electron chi connectivity index (χ0n) is 7.23. The summed E-state index contributed by atoms with van der Waals surface area (Å²) in [6, 6.07) is 0. The fraction of sp³-hybridized carbons (Fsp3) is 0.444. The van der Waals surface area contributed by atoms with Crippen LogP contribution in [-0.4, -0.2) is 11.1 Å². The van der Waals surface area contributed by atoms with Crippen molar-refractivity contribution in [3.8, 4) is 0 Å². The Kier molecular flexibility index (Phi) is 6.67. The van der Waals surface area contributed by atoms with Crippen LogP contribution in [-0.2, 0) is 4.79 Å². The minimum absolute atomic E-state index is 0.149. The van der Waals surface area contributed by atoms with Crippen molar-refractivity contribution < 1.29 is 4.79 Å². The van der Waals surface area contributed by atoms with Crippen molar-refractivity contribution in [1.82, 2.24) is 0 Å². The maximum Gasteiger partial charge on any atom is 0.169 e. The predicted molar refractivity (Wildman–Crippen MR) is 59.9 cm³/mol. The van der Waals surface area contributed by atoms with Gasteiger partial charge in [-0.3, -0.25) is 4.79 Å². The van der Waals surface area contributed by atoms with E-state index in [0.29, 0.717) is 5.33 Å². The van der Waals surface area contributed by atoms with Gasteiger partial charge in [0.2, 0.25) is 0 Å². The van der Waals surface area contributed by atoms with Gasteiger partial charge in [-0.05, 0) is 25.0 Å². The van der Waals surface area contributed by atoms with Gasteiger partial charge in [-0.1, -0.05) is 44.9 Å². The monoisotopic (exact) mass is 294 g/mol. The maximum absolute atomic E-state index is 11.2. The molecule has 12 heavy (non-hydrogen) atoms. The molecule has 0 saturated carbocycles. The van der Waals surface area contributed by atoms with Gasteiger partial charge in [-0.25, -0.2) is 0 Å². The number of hydrogen-bond acceptors (Lipinski definition) is 1. The van der Waals surface area contributed by atoms with Gasteiger partial charge < -0.3 is 0 Å². The predicted octanol–water partition coefficient (Wildman–Crippen LogP) is 3.59. The van der Waals surface area contributed by atoms with Gasteiger partial charge in [0.25, 0.3) is 0 Å². The van der Waals surface area contributed by atoms with Gasteiger partial charge in [-0.2, -0.15) is 0 Å². The molecule has 0 unspecified atom stereocenters. The molecule has 0 N–H and O–H groups in total. The van der Waals surface area contributed by atoms with E-state index < -0.39 is 0 Å². The zero-order chi connectivity index (χ0) is 9.56. The highest BCUT2D eigenvalue weighted by atomic mass is 79.9. The van der Waals surface area contributed by atoms with Crippen LogP contribution in [0.4, 0.5) is 0 Å². The smallest absolute Gasteiger partial charge is 0.169 e. The molecule has 0 aliphatic heterocycles. The molecule has 0 saturated heterocycles. The van der Waals surface area contributed by atoms with Gasteiger partial charge in [0.15, 0.2) is 5.78 Å². The molecule has 0 fully saturated rings. The van der Waals surface area contributed by atoms with E-state index in [1.807, 2.05) is 26.0 Å². The number of carbonyl (C=O) groups excluding carboxylic acids is 1. The van der Waals surface area contributed by atoms with E-state index in [1.54, 1.807) is 0 Å². The number of alkyl halides is 1. The second-order valence-electron chi connectivity index (χ2n) is 2.25. The Balaban J connectivity index is 4.54. The van der Waals surface area contributed by atoms with Crippen molar-refractivity contribution in [2.75, 3.05) is 5.33 Å². The minimum atomic E-state index is 0.149. The van der Waals surface area contributed by atoms with Gasteiger partial charge in [0, 0.05) is 4.48 Å². The molecule has 0 rings (SSSR count). The zero-order valence-corrected chi connectivity index (χ0v) is 10.4. The van der Waals surface area contributed by atoms with E-state index in [4.69, 9.17) is 0 Å². The molecular weight excluding hydrogens is 284 g/mol. The molecule has 0 atom stereocenters. The number of halogens is 2. The third-order valence-electron chi connectivity index (χ3n) is 1.45. The molecule has 0 aromatic carbocycles.